The SMILES string of the molecule is c1cc2c(o1)CCC[C@H]2NCCn1cnnc1C1CC1. The third-order valence-corrected chi connectivity index (χ3v) is 4.38. The second kappa shape index (κ2) is 5.05. The average Bonchev–Trinajstić information content (AvgIpc) is 3.01. The number of fused-ring (bicyclic) bond motifs is 1. The van der Waals surface area contributed by atoms with E-state index in [-0.39, 0.29) is 0 Å². The number of hydrogen-bond donors (Lipinski definition) is 1. The van der Waals surface area contributed by atoms with Crippen LogP contribution in [0.15, 0.2) is 23.1 Å². The Kier molecular flexibility index (Phi) is 3.07. The predicted octanol–water partition coefficient (Wildman–Crippen LogP) is 2.42. The van der Waals surface area contributed by atoms with Gasteiger partial charge in [0.05, 0.1) is 6.26 Å². The highest BCUT2D eigenvalue weighted by Gasteiger charge is 2.28. The summed E-state index contributed by atoms with van der Waals surface area (Å²) in [5.41, 5.74) is 1.35. The molecule has 106 valence electrons. The number of nitrogens with one attached hydrogen (secondary N) is 1. The molecule has 1 N–H and O–H groups in total. The van der Waals surface area contributed by atoms with Crippen molar-refractivity contribution in [2.75, 3.05) is 6.54 Å². The molecular formula is C15H20N4O. The largest absolute Gasteiger partial charge is 0.469 e. The van der Waals surface area contributed by atoms with Crippen molar-refractivity contribution in [1.29, 1.82) is 0 Å². The number of furan rings is 1. The maximum Gasteiger partial charge on any atom is 0.135 e. The zero-order chi connectivity index (χ0) is 13.4. The Morgan fingerprint density at radius 1 is 1.35 bits per heavy atom. The summed E-state index contributed by atoms with van der Waals surface area (Å²) >= 11 is 0. The first-order valence-corrected chi connectivity index (χ1v) is 7.59. The van der Waals surface area contributed by atoms with Gasteiger partial charge < -0.3 is 14.3 Å². The van der Waals surface area contributed by atoms with Crippen molar-refractivity contribution >= 4 is 0 Å². The smallest absolute Gasteiger partial charge is 0.135 e. The summed E-state index contributed by atoms with van der Waals surface area (Å²) in [5.74, 6) is 2.99. The van der Waals surface area contributed by atoms with Crippen molar-refractivity contribution in [3.63, 3.8) is 0 Å². The van der Waals surface area contributed by atoms with Crippen LogP contribution in [0.1, 0.15) is 54.8 Å². The van der Waals surface area contributed by atoms with E-state index in [1.165, 1.54) is 37.1 Å². The number of hydrogen-bond acceptors (Lipinski definition) is 4. The zero-order valence-corrected chi connectivity index (χ0v) is 11.6. The fourth-order valence-electron chi connectivity index (χ4n) is 3.15. The van der Waals surface area contributed by atoms with E-state index in [9.17, 15) is 0 Å². The topological polar surface area (TPSA) is 55.9 Å². The minimum absolute atomic E-state index is 0.443. The normalized spacial score (nSPS) is 21.9. The molecule has 20 heavy (non-hydrogen) atoms. The highest BCUT2D eigenvalue weighted by atomic mass is 16.3. The third kappa shape index (κ3) is 2.26. The first-order chi connectivity index (χ1) is 9.92. The van der Waals surface area contributed by atoms with Gasteiger partial charge in [-0.05, 0) is 31.7 Å². The van der Waals surface area contributed by atoms with Gasteiger partial charge in [-0.2, -0.15) is 0 Å². The van der Waals surface area contributed by atoms with Gasteiger partial charge in [0.2, 0.25) is 0 Å². The molecule has 2 aliphatic carbocycles. The first kappa shape index (κ1) is 12.1. The molecule has 2 aliphatic rings. The van der Waals surface area contributed by atoms with E-state index in [0.29, 0.717) is 12.0 Å². The predicted molar refractivity (Wildman–Crippen MR) is 74.4 cm³/mol. The van der Waals surface area contributed by atoms with Crippen LogP contribution in [0.4, 0.5) is 0 Å². The summed E-state index contributed by atoms with van der Waals surface area (Å²) in [6.07, 6.45) is 9.70. The lowest BCUT2D eigenvalue weighted by Gasteiger charge is -2.23. The van der Waals surface area contributed by atoms with Gasteiger partial charge in [0, 0.05) is 37.0 Å². The van der Waals surface area contributed by atoms with Crippen LogP contribution in [0.5, 0.6) is 0 Å². The van der Waals surface area contributed by atoms with Crippen molar-refractivity contribution in [3.8, 4) is 0 Å². The summed E-state index contributed by atoms with van der Waals surface area (Å²) in [6, 6.07) is 2.55. The second-order valence-electron chi connectivity index (χ2n) is 5.85. The summed E-state index contributed by atoms with van der Waals surface area (Å²) in [4.78, 5) is 0. The van der Waals surface area contributed by atoms with E-state index in [1.807, 2.05) is 12.6 Å². The molecule has 1 atom stereocenters. The highest BCUT2D eigenvalue weighted by Crippen LogP contribution is 2.38. The van der Waals surface area contributed by atoms with E-state index >= 15 is 0 Å². The molecule has 0 aromatic carbocycles. The molecule has 5 nitrogen and oxygen atoms in total. The van der Waals surface area contributed by atoms with Gasteiger partial charge in [-0.3, -0.25) is 0 Å². The molecule has 0 spiro atoms. The van der Waals surface area contributed by atoms with Crippen LogP contribution in [0, 0.1) is 0 Å². The zero-order valence-electron chi connectivity index (χ0n) is 11.6. The van der Waals surface area contributed by atoms with Crippen LogP contribution in [-0.4, -0.2) is 21.3 Å². The molecular weight excluding hydrogens is 252 g/mol. The Morgan fingerprint density at radius 3 is 3.20 bits per heavy atom. The second-order valence-corrected chi connectivity index (χ2v) is 5.85. The van der Waals surface area contributed by atoms with Crippen molar-refractivity contribution in [2.24, 2.45) is 0 Å². The van der Waals surface area contributed by atoms with Crippen molar-refractivity contribution in [2.45, 2.75) is 50.6 Å². The standard InChI is InChI=1S/C15H20N4O/c1-2-13(12-6-9-20-14(12)3-1)16-7-8-19-10-17-18-15(19)11-4-5-11/h6,9-11,13,16H,1-5,7-8H2/t13-/m1/s1. The molecule has 0 radical (unpaired) electrons. The van der Waals surface area contributed by atoms with E-state index < -0.39 is 0 Å². The lowest BCUT2D eigenvalue weighted by atomic mass is 9.93. The summed E-state index contributed by atoms with van der Waals surface area (Å²) in [6.45, 7) is 1.90. The minimum atomic E-state index is 0.443. The maximum atomic E-state index is 5.53. The molecule has 0 unspecified atom stereocenters. The van der Waals surface area contributed by atoms with Crippen LogP contribution >= 0.6 is 0 Å². The van der Waals surface area contributed by atoms with Crippen LogP contribution in [0.2, 0.25) is 0 Å². The molecule has 2 heterocycles. The molecule has 0 bridgehead atoms. The molecule has 0 amide bonds. The first-order valence-electron chi connectivity index (χ1n) is 7.59. The molecule has 0 saturated heterocycles. The summed E-state index contributed by atoms with van der Waals surface area (Å²) in [7, 11) is 0. The van der Waals surface area contributed by atoms with Gasteiger partial charge in [-0.15, -0.1) is 10.2 Å². The Balaban J connectivity index is 1.36. The molecule has 4 rings (SSSR count). The average molecular weight is 272 g/mol. The third-order valence-electron chi connectivity index (χ3n) is 4.38. The van der Waals surface area contributed by atoms with Crippen LogP contribution < -0.4 is 5.32 Å². The van der Waals surface area contributed by atoms with Gasteiger partial charge in [-0.25, -0.2) is 0 Å². The van der Waals surface area contributed by atoms with Gasteiger partial charge in [0.1, 0.15) is 17.9 Å². The summed E-state index contributed by atoms with van der Waals surface area (Å²) in [5, 5.41) is 11.9. The number of aromatic nitrogens is 3. The van der Waals surface area contributed by atoms with Crippen LogP contribution in [0.3, 0.4) is 0 Å². The fourth-order valence-corrected chi connectivity index (χ4v) is 3.15. The summed E-state index contributed by atoms with van der Waals surface area (Å²) < 4.78 is 7.73. The molecule has 2 aromatic heterocycles. The van der Waals surface area contributed by atoms with Gasteiger partial charge in [0.15, 0.2) is 0 Å². The Hall–Kier alpha value is -1.62. The van der Waals surface area contributed by atoms with Gasteiger partial charge in [0.25, 0.3) is 0 Å². The molecule has 5 heteroatoms. The van der Waals surface area contributed by atoms with Gasteiger partial charge in [-0.1, -0.05) is 0 Å². The lowest BCUT2D eigenvalue weighted by molar-refractivity contribution is 0.404. The number of nitrogens with zero attached hydrogens (tertiary/aromatic N) is 3. The Bertz CT molecular complexity index is 584. The number of aryl methyl sites for hydroxylation is 1. The van der Waals surface area contributed by atoms with Crippen LogP contribution in [0.25, 0.3) is 0 Å². The molecule has 1 saturated carbocycles. The highest BCUT2D eigenvalue weighted by molar-refractivity contribution is 5.23. The van der Waals surface area contributed by atoms with Crippen molar-refractivity contribution in [3.05, 3.63) is 35.8 Å². The van der Waals surface area contributed by atoms with E-state index in [0.717, 1.165) is 25.3 Å². The Morgan fingerprint density at radius 2 is 2.30 bits per heavy atom. The molecule has 0 aliphatic heterocycles. The quantitative estimate of drug-likeness (QED) is 0.908. The van der Waals surface area contributed by atoms with Gasteiger partial charge >= 0.3 is 0 Å². The molecule has 1 fully saturated rings. The van der Waals surface area contributed by atoms with E-state index in [4.69, 9.17) is 4.42 Å². The monoisotopic (exact) mass is 272 g/mol. The fraction of sp³-hybridized carbons (Fsp3) is 0.600. The van der Waals surface area contributed by atoms with Crippen molar-refractivity contribution in [1.82, 2.24) is 20.1 Å². The van der Waals surface area contributed by atoms with E-state index in [2.05, 4.69) is 26.1 Å². The van der Waals surface area contributed by atoms with Crippen LogP contribution in [-0.2, 0) is 13.0 Å². The Labute approximate surface area is 118 Å². The maximum absolute atomic E-state index is 5.53. The number of rotatable bonds is 5. The van der Waals surface area contributed by atoms with Crippen molar-refractivity contribution < 1.29 is 4.42 Å². The minimum Gasteiger partial charge on any atom is -0.469 e. The lowest BCUT2D eigenvalue weighted by Crippen LogP contribution is -2.27. The van der Waals surface area contributed by atoms with E-state index in [1.54, 1.807) is 0 Å². The molecule has 2 aromatic rings.